The molecule has 0 aliphatic heterocycles. The van der Waals surface area contributed by atoms with E-state index in [9.17, 15) is 22.4 Å². The van der Waals surface area contributed by atoms with Gasteiger partial charge in [-0.3, -0.25) is 5.32 Å². The fourth-order valence-electron chi connectivity index (χ4n) is 1.96. The number of halogens is 4. The van der Waals surface area contributed by atoms with Gasteiger partial charge >= 0.3 is 18.6 Å². The maximum Gasteiger partial charge on any atom is 0.461 e. The third-order valence-electron chi connectivity index (χ3n) is 2.89. The van der Waals surface area contributed by atoms with E-state index in [1.165, 1.54) is 17.4 Å². The van der Waals surface area contributed by atoms with Gasteiger partial charge in [0.05, 0.1) is 21.3 Å². The van der Waals surface area contributed by atoms with Crippen LogP contribution < -0.4 is 10.1 Å². The van der Waals surface area contributed by atoms with E-state index < -0.39 is 24.4 Å². The Morgan fingerprint density at radius 2 is 2.04 bits per heavy atom. The van der Waals surface area contributed by atoms with Crippen molar-refractivity contribution in [2.75, 3.05) is 5.32 Å². The summed E-state index contributed by atoms with van der Waals surface area (Å²) in [7, 11) is 0. The number of benzene rings is 1. The highest BCUT2D eigenvalue weighted by Crippen LogP contribution is 2.38. The van der Waals surface area contributed by atoms with Gasteiger partial charge in [-0.2, -0.15) is 17.6 Å². The average molecular weight is 364 g/mol. The van der Waals surface area contributed by atoms with Gasteiger partial charge in [0.15, 0.2) is 5.75 Å². The number of amides is 1. The monoisotopic (exact) mass is 364 g/mol. The molecule has 130 valence electrons. The van der Waals surface area contributed by atoms with Crippen molar-refractivity contribution in [1.82, 2.24) is 4.98 Å². The number of carboxylic acid groups (broad SMARTS) is 1. The molecular formula is C14H12F4N2O3S. The molecule has 0 saturated carbocycles. The number of nitrogens with zero attached hydrogens (tertiary/aromatic N) is 1. The molecule has 0 fully saturated rings. The van der Waals surface area contributed by atoms with Crippen molar-refractivity contribution in [2.24, 2.45) is 0 Å². The van der Waals surface area contributed by atoms with Crippen LogP contribution in [0.25, 0.3) is 10.4 Å². The second kappa shape index (κ2) is 6.63. The minimum absolute atomic E-state index is 0.370. The number of rotatable bonds is 5. The second-order valence-electron chi connectivity index (χ2n) is 4.75. The van der Waals surface area contributed by atoms with Crippen LogP contribution in [0, 0.1) is 13.8 Å². The summed E-state index contributed by atoms with van der Waals surface area (Å²) >= 11 is 1.28. The van der Waals surface area contributed by atoms with Gasteiger partial charge in [-0.1, -0.05) is 6.07 Å². The van der Waals surface area contributed by atoms with Crippen LogP contribution in [0.3, 0.4) is 0 Å². The van der Waals surface area contributed by atoms with Gasteiger partial charge in [0.1, 0.15) is 0 Å². The first-order chi connectivity index (χ1) is 11.1. The third kappa shape index (κ3) is 3.94. The van der Waals surface area contributed by atoms with E-state index in [1.54, 1.807) is 13.8 Å². The lowest BCUT2D eigenvalue weighted by Gasteiger charge is -2.19. The van der Waals surface area contributed by atoms with Crippen molar-refractivity contribution < 1.29 is 32.2 Å². The molecule has 0 aliphatic rings. The SMILES string of the molecule is Cc1nc(C)c(-c2ccc(NC(=O)O)c(OC(F)(F)C(F)F)c2)s1. The lowest BCUT2D eigenvalue weighted by molar-refractivity contribution is -0.252. The van der Waals surface area contributed by atoms with E-state index in [0.29, 0.717) is 16.1 Å². The van der Waals surface area contributed by atoms with E-state index in [-0.39, 0.29) is 5.69 Å². The Labute approximate surface area is 137 Å². The van der Waals surface area contributed by atoms with Crippen LogP contribution in [0.4, 0.5) is 28.0 Å². The Bertz CT molecular complexity index is 764. The van der Waals surface area contributed by atoms with E-state index in [1.807, 2.05) is 5.32 Å². The number of hydrogen-bond acceptors (Lipinski definition) is 4. The molecule has 2 aromatic rings. The molecule has 1 aromatic heterocycles. The first-order valence-electron chi connectivity index (χ1n) is 6.53. The van der Waals surface area contributed by atoms with E-state index >= 15 is 0 Å². The molecule has 24 heavy (non-hydrogen) atoms. The van der Waals surface area contributed by atoms with E-state index in [0.717, 1.165) is 17.1 Å². The molecule has 0 aliphatic carbocycles. The number of alkyl halides is 4. The first-order valence-corrected chi connectivity index (χ1v) is 7.35. The molecule has 0 atom stereocenters. The molecule has 0 saturated heterocycles. The fourth-order valence-corrected chi connectivity index (χ4v) is 2.87. The molecule has 5 nitrogen and oxygen atoms in total. The van der Waals surface area contributed by atoms with Gasteiger partial charge in [-0.25, -0.2) is 9.78 Å². The predicted octanol–water partition coefficient (Wildman–Crippen LogP) is 4.75. The average Bonchev–Trinajstić information content (AvgIpc) is 2.78. The summed E-state index contributed by atoms with van der Waals surface area (Å²) in [5, 5.41) is 11.3. The molecule has 2 rings (SSSR count). The lowest BCUT2D eigenvalue weighted by atomic mass is 10.1. The summed E-state index contributed by atoms with van der Waals surface area (Å²) in [6.07, 6.45) is -10.4. The van der Waals surface area contributed by atoms with Crippen LogP contribution >= 0.6 is 11.3 Å². The number of hydrogen-bond donors (Lipinski definition) is 2. The highest BCUT2D eigenvalue weighted by atomic mass is 32.1. The summed E-state index contributed by atoms with van der Waals surface area (Å²) in [5.74, 6) is -0.703. The van der Waals surface area contributed by atoms with E-state index in [2.05, 4.69) is 9.72 Å². The van der Waals surface area contributed by atoms with Gasteiger partial charge in [0.2, 0.25) is 0 Å². The standard InChI is InChI=1S/C14H12F4N2O3S/c1-6-11(24-7(2)19-6)8-3-4-9(20-13(21)22)10(5-8)23-14(17,18)12(15)16/h3-5,12,20H,1-2H3,(H,21,22). The van der Waals surface area contributed by atoms with Gasteiger partial charge in [0, 0.05) is 0 Å². The number of aromatic nitrogens is 1. The highest BCUT2D eigenvalue weighted by molar-refractivity contribution is 7.15. The maximum atomic E-state index is 13.2. The molecule has 10 heteroatoms. The van der Waals surface area contributed by atoms with Gasteiger partial charge in [0.25, 0.3) is 0 Å². The van der Waals surface area contributed by atoms with E-state index in [4.69, 9.17) is 5.11 Å². The van der Waals surface area contributed by atoms with Crippen molar-refractivity contribution in [3.8, 4) is 16.2 Å². The quantitative estimate of drug-likeness (QED) is 0.751. The Hall–Kier alpha value is -2.36. The van der Waals surface area contributed by atoms with Crippen LogP contribution in [-0.4, -0.2) is 28.7 Å². The summed E-state index contributed by atoms with van der Waals surface area (Å²) in [5.41, 5.74) is 0.655. The Morgan fingerprint density at radius 1 is 1.38 bits per heavy atom. The molecule has 1 amide bonds. The number of aryl methyl sites for hydroxylation is 2. The number of carbonyl (C=O) groups is 1. The second-order valence-corrected chi connectivity index (χ2v) is 5.96. The number of thiazole rings is 1. The molecule has 0 bridgehead atoms. The Kier molecular flexibility index (Phi) is 4.97. The minimum atomic E-state index is -4.76. The van der Waals surface area contributed by atoms with Crippen molar-refractivity contribution in [2.45, 2.75) is 26.4 Å². The lowest BCUT2D eigenvalue weighted by Crippen LogP contribution is -2.33. The van der Waals surface area contributed by atoms with Crippen molar-refractivity contribution in [3.05, 3.63) is 28.9 Å². The number of anilines is 1. The van der Waals surface area contributed by atoms with Crippen LogP contribution in [0.5, 0.6) is 5.75 Å². The molecule has 2 N–H and O–H groups in total. The number of nitrogens with one attached hydrogen (secondary N) is 1. The predicted molar refractivity (Wildman–Crippen MR) is 80.3 cm³/mol. The van der Waals surface area contributed by atoms with Crippen LogP contribution in [0.1, 0.15) is 10.7 Å². The fraction of sp³-hybridized carbons (Fsp3) is 0.286. The molecular weight excluding hydrogens is 352 g/mol. The minimum Gasteiger partial charge on any atom is -0.465 e. The molecule has 0 unspecified atom stereocenters. The van der Waals surface area contributed by atoms with Crippen LogP contribution in [0.15, 0.2) is 18.2 Å². The zero-order valence-corrected chi connectivity index (χ0v) is 13.3. The zero-order chi connectivity index (χ0) is 18.1. The molecule has 1 heterocycles. The Balaban J connectivity index is 2.49. The zero-order valence-electron chi connectivity index (χ0n) is 12.4. The van der Waals surface area contributed by atoms with Gasteiger partial charge < -0.3 is 9.84 Å². The number of ether oxygens (including phenoxy) is 1. The van der Waals surface area contributed by atoms with Gasteiger partial charge in [-0.15, -0.1) is 11.3 Å². The summed E-state index contributed by atoms with van der Waals surface area (Å²) < 4.78 is 55.2. The van der Waals surface area contributed by atoms with Gasteiger partial charge in [-0.05, 0) is 31.5 Å². The largest absolute Gasteiger partial charge is 0.465 e. The maximum absolute atomic E-state index is 13.2. The molecule has 0 radical (unpaired) electrons. The Morgan fingerprint density at radius 3 is 2.54 bits per heavy atom. The summed E-state index contributed by atoms with van der Waals surface area (Å²) in [4.78, 5) is 15.6. The van der Waals surface area contributed by atoms with Crippen molar-refractivity contribution >= 4 is 23.1 Å². The normalized spacial score (nSPS) is 11.6. The van der Waals surface area contributed by atoms with Crippen LogP contribution in [-0.2, 0) is 0 Å². The molecule has 0 spiro atoms. The molecule has 1 aromatic carbocycles. The third-order valence-corrected chi connectivity index (χ3v) is 4.01. The van der Waals surface area contributed by atoms with Crippen LogP contribution in [0.2, 0.25) is 0 Å². The summed E-state index contributed by atoms with van der Waals surface area (Å²) in [6, 6.07) is 3.69. The first kappa shape index (κ1) is 18.0. The van der Waals surface area contributed by atoms with Crippen molar-refractivity contribution in [3.63, 3.8) is 0 Å². The summed E-state index contributed by atoms with van der Waals surface area (Å²) in [6.45, 7) is 3.46. The smallest absolute Gasteiger partial charge is 0.461 e. The van der Waals surface area contributed by atoms with Crippen molar-refractivity contribution in [1.29, 1.82) is 0 Å². The highest BCUT2D eigenvalue weighted by Gasteiger charge is 2.44. The topological polar surface area (TPSA) is 71.5 Å².